The summed E-state index contributed by atoms with van der Waals surface area (Å²) in [5, 5.41) is 14.0. The molecule has 1 saturated heterocycles. The van der Waals surface area contributed by atoms with Gasteiger partial charge in [0.1, 0.15) is 5.82 Å². The van der Waals surface area contributed by atoms with E-state index in [0.29, 0.717) is 5.69 Å². The number of nitrogens with two attached hydrogens (primary N) is 1. The fraction of sp³-hybridized carbons (Fsp3) is 0.385. The Balaban J connectivity index is 2.11. The van der Waals surface area contributed by atoms with Crippen LogP contribution in [0, 0.1) is 5.82 Å². The lowest BCUT2D eigenvalue weighted by atomic mass is 10.1. The minimum Gasteiger partial charge on any atom is -0.409 e. The molecule has 1 heterocycles. The second-order valence-corrected chi connectivity index (χ2v) is 5.83. The third kappa shape index (κ3) is 3.41. The zero-order valence-corrected chi connectivity index (χ0v) is 11.6. The van der Waals surface area contributed by atoms with Crippen molar-refractivity contribution in [3.8, 4) is 0 Å². The fourth-order valence-electron chi connectivity index (χ4n) is 2.02. The number of nitrogens with one attached hydrogen (secondary N) is 1. The number of amidine groups is 1. The molecule has 1 aromatic carbocycles. The van der Waals surface area contributed by atoms with E-state index in [0.717, 1.165) is 25.0 Å². The molecule has 0 saturated carbocycles. The van der Waals surface area contributed by atoms with Gasteiger partial charge in [-0.25, -0.2) is 4.39 Å². The van der Waals surface area contributed by atoms with E-state index in [4.69, 9.17) is 10.9 Å². The van der Waals surface area contributed by atoms with Gasteiger partial charge in [-0.15, -0.1) is 11.8 Å². The number of thioether (sulfide) groups is 1. The molecule has 1 fully saturated rings. The van der Waals surface area contributed by atoms with Crippen LogP contribution in [0.3, 0.4) is 0 Å². The summed E-state index contributed by atoms with van der Waals surface area (Å²) in [4.78, 5) is 12.1. The number of rotatable bonds is 3. The van der Waals surface area contributed by atoms with Gasteiger partial charge in [0.2, 0.25) is 5.91 Å². The smallest absolute Gasteiger partial charge is 0.237 e. The van der Waals surface area contributed by atoms with E-state index in [-0.39, 0.29) is 22.6 Å². The average Bonchev–Trinajstić information content (AvgIpc) is 2.49. The maximum absolute atomic E-state index is 13.5. The molecule has 0 radical (unpaired) electrons. The molecule has 1 atom stereocenters. The highest BCUT2D eigenvalue weighted by molar-refractivity contribution is 8.00. The van der Waals surface area contributed by atoms with Gasteiger partial charge in [-0.05, 0) is 36.8 Å². The molecule has 0 aromatic heterocycles. The molecule has 20 heavy (non-hydrogen) atoms. The summed E-state index contributed by atoms with van der Waals surface area (Å²) < 4.78 is 13.5. The Bertz CT molecular complexity index is 530. The quantitative estimate of drug-likeness (QED) is 0.345. The van der Waals surface area contributed by atoms with E-state index in [1.807, 2.05) is 0 Å². The van der Waals surface area contributed by atoms with Crippen LogP contribution in [0.2, 0.25) is 0 Å². The summed E-state index contributed by atoms with van der Waals surface area (Å²) in [6.45, 7) is 0. The lowest BCUT2D eigenvalue weighted by Crippen LogP contribution is -2.27. The first-order chi connectivity index (χ1) is 9.61. The van der Waals surface area contributed by atoms with Gasteiger partial charge >= 0.3 is 0 Å². The lowest BCUT2D eigenvalue weighted by Gasteiger charge is -2.20. The predicted molar refractivity (Wildman–Crippen MR) is 77.6 cm³/mol. The molecule has 0 bridgehead atoms. The van der Waals surface area contributed by atoms with E-state index >= 15 is 0 Å². The molecule has 1 aromatic rings. The first-order valence-electron chi connectivity index (χ1n) is 6.31. The number of amides is 1. The Morgan fingerprint density at radius 2 is 2.30 bits per heavy atom. The van der Waals surface area contributed by atoms with Crippen LogP contribution in [0.25, 0.3) is 0 Å². The minimum atomic E-state index is -0.606. The van der Waals surface area contributed by atoms with Crippen LogP contribution in [0.15, 0.2) is 23.4 Å². The summed E-state index contributed by atoms with van der Waals surface area (Å²) >= 11 is 1.63. The summed E-state index contributed by atoms with van der Waals surface area (Å²) in [5.41, 5.74) is 5.78. The zero-order valence-electron chi connectivity index (χ0n) is 10.8. The molecule has 1 aliphatic rings. The monoisotopic (exact) mass is 297 g/mol. The number of halogens is 1. The molecule has 7 heteroatoms. The molecule has 0 aliphatic carbocycles. The topological polar surface area (TPSA) is 87.7 Å². The van der Waals surface area contributed by atoms with Gasteiger partial charge in [-0.2, -0.15) is 0 Å². The lowest BCUT2D eigenvalue weighted by molar-refractivity contribution is -0.115. The Kier molecular flexibility index (Phi) is 4.84. The first kappa shape index (κ1) is 14.6. The van der Waals surface area contributed by atoms with Crippen LogP contribution in [0.5, 0.6) is 0 Å². The second kappa shape index (κ2) is 6.60. The van der Waals surface area contributed by atoms with Crippen molar-refractivity contribution in [2.75, 3.05) is 11.1 Å². The van der Waals surface area contributed by atoms with E-state index in [9.17, 15) is 9.18 Å². The van der Waals surface area contributed by atoms with Crippen molar-refractivity contribution in [1.29, 1.82) is 0 Å². The number of nitrogens with zero attached hydrogens (tertiary/aromatic N) is 1. The molecule has 5 nitrogen and oxygen atoms in total. The summed E-state index contributed by atoms with van der Waals surface area (Å²) in [5.74, 6) is -0.0422. The summed E-state index contributed by atoms with van der Waals surface area (Å²) in [7, 11) is 0. The fourth-order valence-corrected chi connectivity index (χ4v) is 3.22. The van der Waals surface area contributed by atoms with Crippen molar-refractivity contribution in [2.45, 2.75) is 24.5 Å². The number of anilines is 1. The van der Waals surface area contributed by atoms with E-state index in [2.05, 4.69) is 10.5 Å². The summed E-state index contributed by atoms with van der Waals surface area (Å²) in [6, 6.07) is 3.99. The van der Waals surface area contributed by atoms with Crippen LogP contribution >= 0.6 is 11.8 Å². The summed E-state index contributed by atoms with van der Waals surface area (Å²) in [6.07, 6.45) is 3.04. The van der Waals surface area contributed by atoms with Gasteiger partial charge in [0.05, 0.1) is 10.8 Å². The molecule has 108 valence electrons. The standard InChI is InChI=1S/C13H16FN3O2S/c14-10-5-4-8(7-9(10)12(15)17-19)16-13(18)11-3-1-2-6-20-11/h4-5,7,11,19H,1-3,6H2,(H2,15,17)(H,16,18). The van der Waals surface area contributed by atoms with Crippen molar-refractivity contribution in [3.05, 3.63) is 29.6 Å². The maximum atomic E-state index is 13.5. The van der Waals surface area contributed by atoms with E-state index in [1.54, 1.807) is 11.8 Å². The molecular formula is C13H16FN3O2S. The highest BCUT2D eigenvalue weighted by Crippen LogP contribution is 2.26. The van der Waals surface area contributed by atoms with E-state index < -0.39 is 5.82 Å². The largest absolute Gasteiger partial charge is 0.409 e. The highest BCUT2D eigenvalue weighted by atomic mass is 32.2. The number of hydrogen-bond acceptors (Lipinski definition) is 4. The Hall–Kier alpha value is -1.76. The third-order valence-electron chi connectivity index (χ3n) is 3.09. The van der Waals surface area contributed by atoms with E-state index in [1.165, 1.54) is 18.2 Å². The number of benzene rings is 1. The van der Waals surface area contributed by atoms with Crippen molar-refractivity contribution in [1.82, 2.24) is 0 Å². The Morgan fingerprint density at radius 1 is 1.50 bits per heavy atom. The zero-order chi connectivity index (χ0) is 14.5. The molecule has 1 unspecified atom stereocenters. The molecular weight excluding hydrogens is 281 g/mol. The Labute approximate surface area is 120 Å². The SMILES string of the molecule is N/C(=N/O)c1cc(NC(=O)C2CCCCS2)ccc1F. The normalized spacial score (nSPS) is 19.6. The molecule has 2 rings (SSSR count). The minimum absolute atomic E-state index is 0.0402. The van der Waals surface area contributed by atoms with Crippen molar-refractivity contribution >= 4 is 29.2 Å². The molecule has 1 amide bonds. The maximum Gasteiger partial charge on any atom is 0.237 e. The highest BCUT2D eigenvalue weighted by Gasteiger charge is 2.22. The third-order valence-corrected chi connectivity index (χ3v) is 4.47. The van der Waals surface area contributed by atoms with Gasteiger partial charge < -0.3 is 16.3 Å². The number of carbonyl (C=O) groups is 1. The van der Waals surface area contributed by atoms with Crippen LogP contribution in [-0.2, 0) is 4.79 Å². The number of oxime groups is 1. The van der Waals surface area contributed by atoms with Gasteiger partial charge in [-0.3, -0.25) is 4.79 Å². The first-order valence-corrected chi connectivity index (χ1v) is 7.36. The molecule has 0 spiro atoms. The van der Waals surface area contributed by atoms with Crippen molar-refractivity contribution < 1.29 is 14.4 Å². The van der Waals surface area contributed by atoms with Gasteiger partial charge in [-0.1, -0.05) is 11.6 Å². The predicted octanol–water partition coefficient (Wildman–Crippen LogP) is 2.14. The second-order valence-electron chi connectivity index (χ2n) is 4.52. The van der Waals surface area contributed by atoms with Gasteiger partial charge in [0.25, 0.3) is 0 Å². The number of hydrogen-bond donors (Lipinski definition) is 3. The Morgan fingerprint density at radius 3 is 2.95 bits per heavy atom. The van der Waals surface area contributed by atoms with Crippen LogP contribution < -0.4 is 11.1 Å². The average molecular weight is 297 g/mol. The molecule has 4 N–H and O–H groups in total. The van der Waals surface area contributed by atoms with Crippen LogP contribution in [-0.4, -0.2) is 28.0 Å². The van der Waals surface area contributed by atoms with Crippen molar-refractivity contribution in [2.24, 2.45) is 10.9 Å². The van der Waals surface area contributed by atoms with Gasteiger partial charge in [0, 0.05) is 5.69 Å². The van der Waals surface area contributed by atoms with Crippen LogP contribution in [0.1, 0.15) is 24.8 Å². The van der Waals surface area contributed by atoms with Crippen LogP contribution in [0.4, 0.5) is 10.1 Å². The van der Waals surface area contributed by atoms with Gasteiger partial charge in [0.15, 0.2) is 5.84 Å². The number of carbonyl (C=O) groups excluding carboxylic acids is 1. The molecule has 1 aliphatic heterocycles. The van der Waals surface area contributed by atoms with Crippen molar-refractivity contribution in [3.63, 3.8) is 0 Å².